The quantitative estimate of drug-likeness (QED) is 0.425. The average molecular weight is 461 g/mol. The van der Waals surface area contributed by atoms with E-state index in [2.05, 4.69) is 10.6 Å². The van der Waals surface area contributed by atoms with Gasteiger partial charge in [-0.15, -0.1) is 0 Å². The molecule has 2 N–H and O–H groups in total. The Morgan fingerprint density at radius 3 is 2.85 bits per heavy atom. The van der Waals surface area contributed by atoms with Gasteiger partial charge in [0, 0.05) is 42.4 Å². The molecule has 3 heterocycles. The summed E-state index contributed by atoms with van der Waals surface area (Å²) in [6.07, 6.45) is 4.91. The molecule has 0 radical (unpaired) electrons. The van der Waals surface area contributed by atoms with E-state index in [1.807, 2.05) is 24.4 Å². The molecule has 8 heteroatoms. The maximum absolute atomic E-state index is 13.7. The number of fused-ring (bicyclic) bond motifs is 2. The molecule has 176 valence electrons. The Labute approximate surface area is 196 Å². The number of nitrogens with zero attached hydrogens (tertiary/aromatic N) is 3. The van der Waals surface area contributed by atoms with Crippen molar-refractivity contribution in [1.29, 1.82) is 0 Å². The van der Waals surface area contributed by atoms with Crippen LogP contribution in [0, 0.1) is 0 Å². The number of carbonyl (C=O) groups is 1. The Morgan fingerprint density at radius 1 is 1.24 bits per heavy atom. The zero-order valence-corrected chi connectivity index (χ0v) is 19.2. The number of aryl methyl sites for hydroxylation is 1. The van der Waals surface area contributed by atoms with E-state index in [1.165, 1.54) is 7.11 Å². The molecule has 1 unspecified atom stereocenters. The van der Waals surface area contributed by atoms with Crippen molar-refractivity contribution >= 4 is 27.9 Å². The first kappa shape index (κ1) is 22.3. The fourth-order valence-corrected chi connectivity index (χ4v) is 4.73. The van der Waals surface area contributed by atoms with Crippen molar-refractivity contribution in [3.63, 3.8) is 0 Å². The van der Waals surface area contributed by atoms with Crippen LogP contribution < -0.4 is 11.3 Å². The molecule has 1 aliphatic rings. The Morgan fingerprint density at radius 2 is 2.09 bits per heavy atom. The number of hydrogen-bond donors (Lipinski definition) is 1. The summed E-state index contributed by atoms with van der Waals surface area (Å²) in [4.78, 5) is 30.6. The molecule has 34 heavy (non-hydrogen) atoms. The molecule has 4 aromatic rings. The SMILES string of the molecule is COC(=O)c1ccc2nc(-c3cn(CC4CCCO4)c4ccccc34)c(=O)n(CCCN)c2c1. The minimum absolute atomic E-state index is 0.172. The second-order valence-corrected chi connectivity index (χ2v) is 8.60. The first-order valence-electron chi connectivity index (χ1n) is 11.6. The van der Waals surface area contributed by atoms with E-state index in [4.69, 9.17) is 20.2 Å². The number of nitrogens with two attached hydrogens (primary N) is 1. The molecule has 1 fully saturated rings. The molecule has 2 aromatic heterocycles. The van der Waals surface area contributed by atoms with E-state index in [-0.39, 0.29) is 11.7 Å². The summed E-state index contributed by atoms with van der Waals surface area (Å²) in [6, 6.07) is 13.1. The van der Waals surface area contributed by atoms with Crippen LogP contribution in [0.5, 0.6) is 0 Å². The van der Waals surface area contributed by atoms with Gasteiger partial charge in [-0.1, -0.05) is 18.2 Å². The maximum Gasteiger partial charge on any atom is 0.337 e. The highest BCUT2D eigenvalue weighted by atomic mass is 16.5. The molecule has 0 amide bonds. The van der Waals surface area contributed by atoms with E-state index >= 15 is 0 Å². The van der Waals surface area contributed by atoms with Gasteiger partial charge in [0.25, 0.3) is 5.56 Å². The number of rotatable bonds is 7. The minimum Gasteiger partial charge on any atom is -0.465 e. The van der Waals surface area contributed by atoms with Gasteiger partial charge < -0.3 is 24.3 Å². The molecular weight excluding hydrogens is 432 g/mol. The smallest absolute Gasteiger partial charge is 0.337 e. The number of para-hydroxylation sites is 1. The monoisotopic (exact) mass is 460 g/mol. The van der Waals surface area contributed by atoms with Crippen molar-refractivity contribution < 1.29 is 14.3 Å². The largest absolute Gasteiger partial charge is 0.465 e. The van der Waals surface area contributed by atoms with Crippen LogP contribution >= 0.6 is 0 Å². The molecule has 1 atom stereocenters. The van der Waals surface area contributed by atoms with Gasteiger partial charge in [-0.2, -0.15) is 0 Å². The van der Waals surface area contributed by atoms with E-state index in [9.17, 15) is 9.59 Å². The average Bonchev–Trinajstić information content (AvgIpc) is 3.51. The molecule has 0 saturated carbocycles. The first-order chi connectivity index (χ1) is 16.6. The molecule has 0 spiro atoms. The van der Waals surface area contributed by atoms with Crippen molar-refractivity contribution in [2.24, 2.45) is 5.73 Å². The summed E-state index contributed by atoms with van der Waals surface area (Å²) < 4.78 is 14.5. The Kier molecular flexibility index (Phi) is 6.17. The van der Waals surface area contributed by atoms with Gasteiger partial charge in [0.15, 0.2) is 0 Å². The molecular formula is C26H28N4O4. The highest BCUT2D eigenvalue weighted by Gasteiger charge is 2.21. The van der Waals surface area contributed by atoms with Gasteiger partial charge in [0.2, 0.25) is 0 Å². The lowest BCUT2D eigenvalue weighted by atomic mass is 10.1. The number of esters is 1. The number of carbonyl (C=O) groups excluding carboxylic acids is 1. The van der Waals surface area contributed by atoms with Gasteiger partial charge in [-0.3, -0.25) is 4.79 Å². The third kappa shape index (κ3) is 3.99. The summed E-state index contributed by atoms with van der Waals surface area (Å²) in [7, 11) is 1.34. The van der Waals surface area contributed by atoms with Crippen LogP contribution in [0.3, 0.4) is 0 Å². The number of methoxy groups -OCH3 is 1. The van der Waals surface area contributed by atoms with Crippen molar-refractivity contribution in [1.82, 2.24) is 14.1 Å². The van der Waals surface area contributed by atoms with Crippen LogP contribution in [0.1, 0.15) is 29.6 Å². The third-order valence-electron chi connectivity index (χ3n) is 6.42. The summed E-state index contributed by atoms with van der Waals surface area (Å²) in [5.41, 5.74) is 9.37. The molecule has 2 aromatic carbocycles. The fraction of sp³-hybridized carbons (Fsp3) is 0.346. The normalized spacial score (nSPS) is 15.9. The summed E-state index contributed by atoms with van der Waals surface area (Å²) >= 11 is 0. The number of hydrogen-bond acceptors (Lipinski definition) is 6. The van der Waals surface area contributed by atoms with E-state index in [1.54, 1.807) is 22.8 Å². The second-order valence-electron chi connectivity index (χ2n) is 8.60. The Balaban J connectivity index is 1.70. The van der Waals surface area contributed by atoms with Gasteiger partial charge in [0.1, 0.15) is 5.69 Å². The molecule has 8 nitrogen and oxygen atoms in total. The van der Waals surface area contributed by atoms with Gasteiger partial charge in [0.05, 0.1) is 29.8 Å². The Hall–Kier alpha value is -3.49. The fourth-order valence-electron chi connectivity index (χ4n) is 4.73. The lowest BCUT2D eigenvalue weighted by molar-refractivity contribution is 0.0601. The van der Waals surface area contributed by atoms with Gasteiger partial charge in [-0.25, -0.2) is 9.78 Å². The van der Waals surface area contributed by atoms with Crippen molar-refractivity contribution in [3.8, 4) is 11.3 Å². The first-order valence-corrected chi connectivity index (χ1v) is 11.6. The predicted molar refractivity (Wildman–Crippen MR) is 131 cm³/mol. The van der Waals surface area contributed by atoms with Gasteiger partial charge >= 0.3 is 5.97 Å². The zero-order chi connectivity index (χ0) is 23.7. The van der Waals surface area contributed by atoms with E-state index in [0.29, 0.717) is 41.8 Å². The van der Waals surface area contributed by atoms with Crippen LogP contribution in [0.4, 0.5) is 0 Å². The number of aromatic nitrogens is 3. The van der Waals surface area contributed by atoms with Crippen LogP contribution in [-0.4, -0.2) is 46.5 Å². The molecule has 0 aliphatic carbocycles. The number of ether oxygens (including phenoxy) is 2. The van der Waals surface area contributed by atoms with E-state index in [0.717, 1.165) is 42.5 Å². The van der Waals surface area contributed by atoms with Crippen LogP contribution in [0.2, 0.25) is 0 Å². The third-order valence-corrected chi connectivity index (χ3v) is 6.42. The summed E-state index contributed by atoms with van der Waals surface area (Å²) in [6.45, 7) is 2.41. The lowest BCUT2D eigenvalue weighted by Gasteiger charge is -2.13. The standard InChI is InChI=1S/C26H28N4O4/c1-33-26(32)17-9-10-21-23(14-17)30(12-5-11-27)25(31)24(28-21)20-16-29(15-18-6-4-13-34-18)22-8-3-2-7-19(20)22/h2-3,7-10,14,16,18H,4-6,11-13,15,27H2,1H3. The highest BCUT2D eigenvalue weighted by molar-refractivity contribution is 5.97. The van der Waals surface area contributed by atoms with Gasteiger partial charge in [-0.05, 0) is 50.1 Å². The van der Waals surface area contributed by atoms with Crippen molar-refractivity contribution in [2.75, 3.05) is 20.3 Å². The summed E-state index contributed by atoms with van der Waals surface area (Å²) in [5, 5.41) is 0.973. The van der Waals surface area contributed by atoms with E-state index < -0.39 is 5.97 Å². The highest BCUT2D eigenvalue weighted by Crippen LogP contribution is 2.30. The topological polar surface area (TPSA) is 101 Å². The minimum atomic E-state index is -0.457. The summed E-state index contributed by atoms with van der Waals surface area (Å²) in [5.74, 6) is -0.457. The lowest BCUT2D eigenvalue weighted by Crippen LogP contribution is -2.25. The zero-order valence-electron chi connectivity index (χ0n) is 19.2. The molecule has 0 bridgehead atoms. The Bertz CT molecular complexity index is 1420. The molecule has 1 aliphatic heterocycles. The second kappa shape index (κ2) is 9.40. The van der Waals surface area contributed by atoms with Crippen LogP contribution in [-0.2, 0) is 22.6 Å². The number of benzene rings is 2. The van der Waals surface area contributed by atoms with Crippen molar-refractivity contribution in [2.45, 2.75) is 38.5 Å². The predicted octanol–water partition coefficient (Wildman–Crippen LogP) is 3.33. The molecule has 5 rings (SSSR count). The van der Waals surface area contributed by atoms with Crippen LogP contribution in [0.25, 0.3) is 33.2 Å². The molecule has 1 saturated heterocycles. The van der Waals surface area contributed by atoms with Crippen molar-refractivity contribution in [3.05, 3.63) is 64.6 Å². The maximum atomic E-state index is 13.7. The van der Waals surface area contributed by atoms with Crippen LogP contribution in [0.15, 0.2) is 53.5 Å².